The molecule has 0 radical (unpaired) electrons. The summed E-state index contributed by atoms with van der Waals surface area (Å²) in [5.41, 5.74) is 2.30. The molecule has 0 N–H and O–H groups in total. The highest BCUT2D eigenvalue weighted by Gasteiger charge is 1.91. The second-order valence-corrected chi connectivity index (χ2v) is 2.94. The predicted octanol–water partition coefficient (Wildman–Crippen LogP) is 1.47. The Labute approximate surface area is 81.9 Å². The van der Waals surface area contributed by atoms with Gasteiger partial charge in [-0.3, -0.25) is 0 Å². The lowest BCUT2D eigenvalue weighted by molar-refractivity contribution is 0.878. The largest absolute Gasteiger partial charge is 0.208 e. The highest BCUT2D eigenvalue weighted by molar-refractivity contribution is 5.81. The van der Waals surface area contributed by atoms with Gasteiger partial charge in [0.2, 0.25) is 0 Å². The van der Waals surface area contributed by atoms with Gasteiger partial charge in [0, 0.05) is 0 Å². The molecule has 14 heavy (non-hydrogen) atoms. The van der Waals surface area contributed by atoms with Crippen LogP contribution in [0.3, 0.4) is 0 Å². The third kappa shape index (κ3) is 1.85. The van der Waals surface area contributed by atoms with Crippen LogP contribution in [0.2, 0.25) is 0 Å². The van der Waals surface area contributed by atoms with Crippen LogP contribution in [0.1, 0.15) is 11.1 Å². The van der Waals surface area contributed by atoms with Gasteiger partial charge in [0.15, 0.2) is 0 Å². The fourth-order valence-corrected chi connectivity index (χ4v) is 1.12. The lowest BCUT2D eigenvalue weighted by Crippen LogP contribution is -1.89. The minimum absolute atomic E-state index is 1.10. The van der Waals surface area contributed by atoms with Crippen molar-refractivity contribution in [3.8, 4) is 0 Å². The summed E-state index contributed by atoms with van der Waals surface area (Å²) >= 11 is 0. The molecule has 0 aliphatic rings. The van der Waals surface area contributed by atoms with Gasteiger partial charge in [-0.2, -0.15) is 5.10 Å². The predicted molar refractivity (Wildman–Crippen MR) is 54.2 cm³/mol. The van der Waals surface area contributed by atoms with Crippen LogP contribution in [0.4, 0.5) is 0 Å². The van der Waals surface area contributed by atoms with Crippen LogP contribution in [0.15, 0.2) is 42.0 Å². The molecular formula is C10H10N4. The van der Waals surface area contributed by atoms with E-state index >= 15 is 0 Å². The Morgan fingerprint density at radius 3 is 2.64 bits per heavy atom. The third-order valence-electron chi connectivity index (χ3n) is 1.93. The molecule has 1 aromatic carbocycles. The lowest BCUT2D eigenvalue weighted by atomic mass is 10.1. The number of aromatic nitrogens is 3. The number of benzene rings is 1. The van der Waals surface area contributed by atoms with Crippen molar-refractivity contribution in [3.63, 3.8) is 0 Å². The van der Waals surface area contributed by atoms with Gasteiger partial charge < -0.3 is 0 Å². The molecule has 0 fully saturated rings. The first-order valence-corrected chi connectivity index (χ1v) is 4.31. The maximum atomic E-state index is 4.16. The van der Waals surface area contributed by atoms with Crippen molar-refractivity contribution < 1.29 is 0 Å². The Balaban J connectivity index is 2.23. The van der Waals surface area contributed by atoms with E-state index in [1.165, 1.54) is 5.56 Å². The Morgan fingerprint density at radius 1 is 1.21 bits per heavy atom. The van der Waals surface area contributed by atoms with Gasteiger partial charge in [0.1, 0.15) is 12.7 Å². The van der Waals surface area contributed by atoms with Crippen molar-refractivity contribution in [2.75, 3.05) is 0 Å². The average molecular weight is 186 g/mol. The molecule has 0 aliphatic heterocycles. The first-order chi connectivity index (χ1) is 6.86. The molecule has 1 aromatic heterocycles. The molecule has 1 heterocycles. The highest BCUT2D eigenvalue weighted by Crippen LogP contribution is 2.03. The van der Waals surface area contributed by atoms with Gasteiger partial charge >= 0.3 is 0 Å². The van der Waals surface area contributed by atoms with E-state index in [-0.39, 0.29) is 0 Å². The zero-order valence-corrected chi connectivity index (χ0v) is 7.83. The first kappa shape index (κ1) is 8.62. The van der Waals surface area contributed by atoms with Crippen LogP contribution in [0.5, 0.6) is 0 Å². The first-order valence-electron chi connectivity index (χ1n) is 4.31. The van der Waals surface area contributed by atoms with Crippen molar-refractivity contribution in [1.82, 2.24) is 14.9 Å². The van der Waals surface area contributed by atoms with E-state index in [0.29, 0.717) is 0 Å². The topological polar surface area (TPSA) is 43.1 Å². The summed E-state index contributed by atoms with van der Waals surface area (Å²) in [5.74, 6) is 0. The molecule has 0 saturated carbocycles. The number of nitrogens with zero attached hydrogens (tertiary/aromatic N) is 4. The summed E-state index contributed by atoms with van der Waals surface area (Å²) in [5, 5.41) is 11.5. The Morgan fingerprint density at radius 2 is 1.93 bits per heavy atom. The summed E-state index contributed by atoms with van der Waals surface area (Å²) < 4.78 is 1.56. The minimum Gasteiger partial charge on any atom is -0.208 e. The number of hydrogen-bond acceptors (Lipinski definition) is 3. The summed E-state index contributed by atoms with van der Waals surface area (Å²) in [6.07, 6.45) is 4.89. The molecule has 2 rings (SSSR count). The van der Waals surface area contributed by atoms with E-state index in [9.17, 15) is 0 Å². The molecule has 4 heteroatoms. The van der Waals surface area contributed by atoms with Crippen LogP contribution < -0.4 is 0 Å². The van der Waals surface area contributed by atoms with Crippen molar-refractivity contribution in [1.29, 1.82) is 0 Å². The summed E-state index contributed by atoms with van der Waals surface area (Å²) in [4.78, 5) is 0. The molecule has 0 atom stereocenters. The fourth-order valence-electron chi connectivity index (χ4n) is 1.12. The summed E-state index contributed by atoms with van der Waals surface area (Å²) in [7, 11) is 0. The van der Waals surface area contributed by atoms with Gasteiger partial charge in [-0.25, -0.2) is 4.68 Å². The van der Waals surface area contributed by atoms with Crippen molar-refractivity contribution in [2.45, 2.75) is 6.92 Å². The Hall–Kier alpha value is -1.97. The Kier molecular flexibility index (Phi) is 2.36. The van der Waals surface area contributed by atoms with Gasteiger partial charge in [0.25, 0.3) is 0 Å². The minimum atomic E-state index is 1.10. The van der Waals surface area contributed by atoms with Gasteiger partial charge in [-0.15, -0.1) is 10.2 Å². The lowest BCUT2D eigenvalue weighted by Gasteiger charge is -1.97. The van der Waals surface area contributed by atoms with Crippen molar-refractivity contribution >= 4 is 6.21 Å². The fraction of sp³-hybridized carbons (Fsp3) is 0.100. The number of hydrogen-bond donors (Lipinski definition) is 0. The zero-order valence-electron chi connectivity index (χ0n) is 7.83. The standard InChI is InChI=1S/C10H10N4/c1-9-4-2-3-5-10(9)6-13-14-7-11-12-8-14/h2-8H,1H3. The second-order valence-electron chi connectivity index (χ2n) is 2.94. The maximum absolute atomic E-state index is 4.16. The molecule has 0 aliphatic carbocycles. The number of rotatable bonds is 2. The van der Waals surface area contributed by atoms with E-state index in [0.717, 1.165) is 5.56 Å². The summed E-state index contributed by atoms with van der Waals surface area (Å²) in [6, 6.07) is 8.06. The van der Waals surface area contributed by atoms with E-state index < -0.39 is 0 Å². The van der Waals surface area contributed by atoms with Crippen LogP contribution >= 0.6 is 0 Å². The molecule has 70 valence electrons. The van der Waals surface area contributed by atoms with Crippen LogP contribution in [0.25, 0.3) is 0 Å². The van der Waals surface area contributed by atoms with E-state index in [4.69, 9.17) is 0 Å². The van der Waals surface area contributed by atoms with Gasteiger partial charge in [-0.05, 0) is 18.1 Å². The molecule has 0 bridgehead atoms. The van der Waals surface area contributed by atoms with Crippen molar-refractivity contribution in [3.05, 3.63) is 48.0 Å². The molecule has 0 saturated heterocycles. The SMILES string of the molecule is Cc1ccccc1C=Nn1cnnc1. The van der Waals surface area contributed by atoms with E-state index in [2.05, 4.69) is 15.3 Å². The smallest absolute Gasteiger partial charge is 0.141 e. The molecule has 0 amide bonds. The van der Waals surface area contributed by atoms with E-state index in [1.807, 2.05) is 31.2 Å². The van der Waals surface area contributed by atoms with Crippen LogP contribution in [-0.2, 0) is 0 Å². The maximum Gasteiger partial charge on any atom is 0.141 e. The second kappa shape index (κ2) is 3.83. The molecule has 0 unspecified atom stereocenters. The molecule has 0 spiro atoms. The normalized spacial score (nSPS) is 10.9. The van der Waals surface area contributed by atoms with Crippen LogP contribution in [0, 0.1) is 6.92 Å². The molecule has 2 aromatic rings. The summed E-state index contributed by atoms with van der Waals surface area (Å²) in [6.45, 7) is 2.05. The van der Waals surface area contributed by atoms with Crippen LogP contribution in [-0.4, -0.2) is 21.1 Å². The van der Waals surface area contributed by atoms with Gasteiger partial charge in [-0.1, -0.05) is 24.3 Å². The third-order valence-corrected chi connectivity index (χ3v) is 1.93. The van der Waals surface area contributed by atoms with Gasteiger partial charge in [0.05, 0.1) is 6.21 Å². The number of aryl methyl sites for hydroxylation is 1. The zero-order chi connectivity index (χ0) is 9.80. The quantitative estimate of drug-likeness (QED) is 0.666. The van der Waals surface area contributed by atoms with E-state index in [1.54, 1.807) is 23.5 Å². The van der Waals surface area contributed by atoms with Crippen molar-refractivity contribution in [2.24, 2.45) is 5.10 Å². The highest BCUT2D eigenvalue weighted by atomic mass is 15.4. The average Bonchev–Trinajstić information content (AvgIpc) is 2.69. The molecular weight excluding hydrogens is 176 g/mol. The monoisotopic (exact) mass is 186 g/mol. The molecule has 4 nitrogen and oxygen atoms in total. The Bertz CT molecular complexity index is 431.